The van der Waals surface area contributed by atoms with Crippen molar-refractivity contribution in [2.45, 2.75) is 31.4 Å². The van der Waals surface area contributed by atoms with Crippen LogP contribution in [-0.4, -0.2) is 45.1 Å². The normalized spacial score (nSPS) is 20.2. The summed E-state index contributed by atoms with van der Waals surface area (Å²) in [6, 6.07) is 4.96. The Morgan fingerprint density at radius 3 is 2.82 bits per heavy atom. The zero-order chi connectivity index (χ0) is 16.3. The van der Waals surface area contributed by atoms with Crippen molar-refractivity contribution in [3.8, 4) is 0 Å². The van der Waals surface area contributed by atoms with Crippen molar-refractivity contribution in [2.24, 2.45) is 15.9 Å². The second kappa shape index (κ2) is 6.64. The van der Waals surface area contributed by atoms with E-state index in [1.807, 2.05) is 11.8 Å². The summed E-state index contributed by atoms with van der Waals surface area (Å²) in [6.07, 6.45) is 0.138. The van der Waals surface area contributed by atoms with Crippen LogP contribution in [0.15, 0.2) is 28.1 Å². The summed E-state index contributed by atoms with van der Waals surface area (Å²) in [5.74, 6) is 0.475. The van der Waals surface area contributed by atoms with Crippen molar-refractivity contribution in [2.75, 3.05) is 19.7 Å². The van der Waals surface area contributed by atoms with Crippen LogP contribution in [0.3, 0.4) is 0 Å². The van der Waals surface area contributed by atoms with E-state index >= 15 is 0 Å². The number of nitrogens with two attached hydrogens (primary N) is 2. The Hall–Kier alpha value is -1.64. The van der Waals surface area contributed by atoms with E-state index in [0.717, 1.165) is 18.7 Å². The van der Waals surface area contributed by atoms with Crippen LogP contribution < -0.4 is 10.9 Å². The smallest absolute Gasteiger partial charge is 0.238 e. The third-order valence-corrected chi connectivity index (χ3v) is 4.61. The van der Waals surface area contributed by atoms with Gasteiger partial charge in [-0.2, -0.15) is 0 Å². The van der Waals surface area contributed by atoms with Crippen LogP contribution in [-0.2, 0) is 21.3 Å². The molecule has 1 fully saturated rings. The Morgan fingerprint density at radius 2 is 2.23 bits per heavy atom. The van der Waals surface area contributed by atoms with Crippen molar-refractivity contribution in [3.63, 3.8) is 0 Å². The molecular formula is C14H22N4O3S. The molecule has 0 bridgehead atoms. The van der Waals surface area contributed by atoms with Crippen LogP contribution in [0.1, 0.15) is 18.1 Å². The van der Waals surface area contributed by atoms with Gasteiger partial charge in [0.2, 0.25) is 10.0 Å². The van der Waals surface area contributed by atoms with Gasteiger partial charge in [-0.1, -0.05) is 12.1 Å². The van der Waals surface area contributed by atoms with E-state index in [-0.39, 0.29) is 11.0 Å². The van der Waals surface area contributed by atoms with Crippen molar-refractivity contribution < 1.29 is 13.2 Å². The number of primary sulfonamides is 1. The molecule has 0 spiro atoms. The predicted octanol–water partition coefficient (Wildman–Crippen LogP) is 0.178. The van der Waals surface area contributed by atoms with Crippen molar-refractivity contribution in [1.82, 2.24) is 4.90 Å². The lowest BCUT2D eigenvalue weighted by Gasteiger charge is -2.31. The van der Waals surface area contributed by atoms with Gasteiger partial charge in [-0.05, 0) is 31.0 Å². The molecule has 1 aromatic carbocycles. The SMILES string of the molecule is Cc1cc(CN=C(N)N2CCOC(C)C2)ccc1S(N)(=O)=O. The number of ether oxygens (including phenoxy) is 1. The molecule has 1 atom stereocenters. The highest BCUT2D eigenvalue weighted by molar-refractivity contribution is 7.89. The summed E-state index contributed by atoms with van der Waals surface area (Å²) in [5, 5.41) is 5.15. The van der Waals surface area contributed by atoms with E-state index in [2.05, 4.69) is 4.99 Å². The Kier molecular flexibility index (Phi) is 5.05. The first-order valence-corrected chi connectivity index (χ1v) is 8.61. The van der Waals surface area contributed by atoms with E-state index in [9.17, 15) is 8.42 Å². The molecule has 22 heavy (non-hydrogen) atoms. The Labute approximate surface area is 131 Å². The zero-order valence-corrected chi connectivity index (χ0v) is 13.6. The fourth-order valence-corrected chi connectivity index (χ4v) is 3.19. The molecule has 0 saturated carbocycles. The molecule has 1 aromatic rings. The third kappa shape index (κ3) is 4.19. The molecule has 0 amide bonds. The van der Waals surface area contributed by atoms with Gasteiger partial charge in [0.15, 0.2) is 5.96 Å². The average Bonchev–Trinajstić information content (AvgIpc) is 2.43. The van der Waals surface area contributed by atoms with Crippen LogP contribution >= 0.6 is 0 Å². The van der Waals surface area contributed by atoms with Crippen molar-refractivity contribution >= 4 is 16.0 Å². The van der Waals surface area contributed by atoms with E-state index in [1.165, 1.54) is 6.07 Å². The fraction of sp³-hybridized carbons (Fsp3) is 0.500. The van der Waals surface area contributed by atoms with Crippen LogP contribution in [0.5, 0.6) is 0 Å². The van der Waals surface area contributed by atoms with Gasteiger partial charge in [-0.15, -0.1) is 0 Å². The number of morpholine rings is 1. The standard InChI is InChI=1S/C14H22N4O3S/c1-10-7-12(3-4-13(10)22(16,19)20)8-17-14(15)18-5-6-21-11(2)9-18/h3-4,7,11H,5-6,8-9H2,1-2H3,(H2,15,17)(H2,16,19,20). The first-order chi connectivity index (χ1) is 10.3. The first-order valence-electron chi connectivity index (χ1n) is 7.06. The molecule has 2 rings (SSSR count). The highest BCUT2D eigenvalue weighted by Gasteiger charge is 2.18. The third-order valence-electron chi connectivity index (χ3n) is 3.53. The van der Waals surface area contributed by atoms with Gasteiger partial charge < -0.3 is 15.4 Å². The highest BCUT2D eigenvalue weighted by Crippen LogP contribution is 2.16. The van der Waals surface area contributed by atoms with E-state index in [4.69, 9.17) is 15.6 Å². The number of hydrogen-bond donors (Lipinski definition) is 2. The summed E-state index contributed by atoms with van der Waals surface area (Å²) in [5.41, 5.74) is 7.49. The van der Waals surface area contributed by atoms with Crippen molar-refractivity contribution in [1.29, 1.82) is 0 Å². The summed E-state index contributed by atoms with van der Waals surface area (Å²) in [7, 11) is -3.69. The lowest BCUT2D eigenvalue weighted by molar-refractivity contribution is 0.00529. The highest BCUT2D eigenvalue weighted by atomic mass is 32.2. The second-order valence-electron chi connectivity index (χ2n) is 5.45. The van der Waals surface area contributed by atoms with Gasteiger partial charge in [0.25, 0.3) is 0 Å². The van der Waals surface area contributed by atoms with Gasteiger partial charge in [0.05, 0.1) is 24.2 Å². The number of rotatable bonds is 3. The maximum absolute atomic E-state index is 11.4. The number of sulfonamides is 1. The largest absolute Gasteiger partial charge is 0.375 e. The molecule has 1 aliphatic rings. The van der Waals surface area contributed by atoms with E-state index in [1.54, 1.807) is 19.1 Å². The number of nitrogens with zero attached hydrogens (tertiary/aromatic N) is 2. The minimum atomic E-state index is -3.69. The molecule has 1 heterocycles. The van der Waals surface area contributed by atoms with Crippen LogP contribution in [0.25, 0.3) is 0 Å². The van der Waals surface area contributed by atoms with Gasteiger partial charge in [0, 0.05) is 13.1 Å². The molecule has 0 aliphatic carbocycles. The molecule has 0 aromatic heterocycles. The molecule has 0 radical (unpaired) electrons. The topological polar surface area (TPSA) is 111 Å². The Bertz CT molecular complexity index is 673. The fourth-order valence-electron chi connectivity index (χ4n) is 2.43. The minimum absolute atomic E-state index is 0.134. The van der Waals surface area contributed by atoms with Crippen LogP contribution in [0.4, 0.5) is 0 Å². The second-order valence-corrected chi connectivity index (χ2v) is 6.98. The van der Waals surface area contributed by atoms with Gasteiger partial charge in [-0.25, -0.2) is 18.5 Å². The molecule has 1 aliphatic heterocycles. The lowest BCUT2D eigenvalue weighted by Crippen LogP contribution is -2.47. The van der Waals surface area contributed by atoms with E-state index < -0.39 is 10.0 Å². The molecule has 122 valence electrons. The van der Waals surface area contributed by atoms with Crippen LogP contribution in [0.2, 0.25) is 0 Å². The number of aryl methyl sites for hydroxylation is 1. The zero-order valence-electron chi connectivity index (χ0n) is 12.8. The van der Waals surface area contributed by atoms with Gasteiger partial charge in [-0.3, -0.25) is 0 Å². The monoisotopic (exact) mass is 326 g/mol. The summed E-state index contributed by atoms with van der Waals surface area (Å²) in [4.78, 5) is 6.49. The maximum Gasteiger partial charge on any atom is 0.238 e. The first kappa shape index (κ1) is 16.7. The summed E-state index contributed by atoms with van der Waals surface area (Å²) < 4.78 is 28.2. The summed E-state index contributed by atoms with van der Waals surface area (Å²) in [6.45, 7) is 6.18. The van der Waals surface area contributed by atoms with E-state index in [0.29, 0.717) is 24.7 Å². The Balaban J connectivity index is 2.08. The number of guanidine groups is 1. The molecule has 1 saturated heterocycles. The molecular weight excluding hydrogens is 304 g/mol. The minimum Gasteiger partial charge on any atom is -0.375 e. The van der Waals surface area contributed by atoms with Crippen LogP contribution in [0, 0.1) is 6.92 Å². The Morgan fingerprint density at radius 1 is 1.50 bits per heavy atom. The summed E-state index contributed by atoms with van der Waals surface area (Å²) >= 11 is 0. The van der Waals surface area contributed by atoms with Gasteiger partial charge >= 0.3 is 0 Å². The average molecular weight is 326 g/mol. The van der Waals surface area contributed by atoms with Gasteiger partial charge in [0.1, 0.15) is 0 Å². The number of aliphatic imine (C=N–C) groups is 1. The molecule has 4 N–H and O–H groups in total. The predicted molar refractivity (Wildman–Crippen MR) is 84.9 cm³/mol. The van der Waals surface area contributed by atoms with Crippen molar-refractivity contribution in [3.05, 3.63) is 29.3 Å². The number of hydrogen-bond acceptors (Lipinski definition) is 4. The maximum atomic E-state index is 11.4. The molecule has 7 nitrogen and oxygen atoms in total. The quantitative estimate of drug-likeness (QED) is 0.608. The lowest BCUT2D eigenvalue weighted by atomic mass is 10.1. The molecule has 1 unspecified atom stereocenters. The molecule has 8 heteroatoms. The number of benzene rings is 1.